The maximum atomic E-state index is 12.7. The zero-order valence-corrected chi connectivity index (χ0v) is 13.3. The minimum atomic E-state index is -2.14. The van der Waals surface area contributed by atoms with Gasteiger partial charge >= 0.3 is 0 Å². The van der Waals surface area contributed by atoms with E-state index in [9.17, 15) is 13.6 Å². The van der Waals surface area contributed by atoms with Crippen molar-refractivity contribution < 1.29 is 13.6 Å². The highest BCUT2D eigenvalue weighted by atomic mass is 32.2. The first-order valence-corrected chi connectivity index (χ1v) is 9.18. The standard InChI is InChI=1S/C17H21NO3S/c19-16(14-3-1-2-4-15(14)22(20)21)18-17-8-11-5-12(9-17)7-13(6-11)10-17/h1-4,11-13H,5-10H2,(H,18,19)(H,20,21). The van der Waals surface area contributed by atoms with Crippen molar-refractivity contribution in [3.63, 3.8) is 0 Å². The van der Waals surface area contributed by atoms with Gasteiger partial charge in [0.15, 0.2) is 11.1 Å². The van der Waals surface area contributed by atoms with E-state index in [1.165, 1.54) is 19.3 Å². The van der Waals surface area contributed by atoms with Gasteiger partial charge in [0.05, 0.1) is 10.5 Å². The summed E-state index contributed by atoms with van der Waals surface area (Å²) in [4.78, 5) is 12.9. The first kappa shape index (κ1) is 14.4. The Morgan fingerprint density at radius 2 is 1.64 bits per heavy atom. The van der Waals surface area contributed by atoms with Crippen molar-refractivity contribution in [2.75, 3.05) is 0 Å². The Kier molecular flexibility index (Phi) is 3.38. The Morgan fingerprint density at radius 1 is 1.09 bits per heavy atom. The zero-order chi connectivity index (χ0) is 15.3. The molecule has 4 aliphatic rings. The van der Waals surface area contributed by atoms with Crippen molar-refractivity contribution in [3.8, 4) is 0 Å². The van der Waals surface area contributed by atoms with Crippen LogP contribution in [0.25, 0.3) is 0 Å². The minimum Gasteiger partial charge on any atom is -0.347 e. The number of hydrogen-bond acceptors (Lipinski definition) is 2. The van der Waals surface area contributed by atoms with Crippen LogP contribution in [0.5, 0.6) is 0 Å². The van der Waals surface area contributed by atoms with Crippen LogP contribution in [-0.4, -0.2) is 20.2 Å². The van der Waals surface area contributed by atoms with E-state index in [4.69, 9.17) is 0 Å². The van der Waals surface area contributed by atoms with Gasteiger partial charge in [0, 0.05) is 5.54 Å². The predicted octanol–water partition coefficient (Wildman–Crippen LogP) is 2.97. The maximum Gasteiger partial charge on any atom is 0.253 e. The fraction of sp³-hybridized carbons (Fsp3) is 0.588. The van der Waals surface area contributed by atoms with Gasteiger partial charge < -0.3 is 9.87 Å². The number of benzene rings is 1. The highest BCUT2D eigenvalue weighted by molar-refractivity contribution is 7.79. The van der Waals surface area contributed by atoms with E-state index < -0.39 is 11.1 Å². The number of rotatable bonds is 3. The van der Waals surface area contributed by atoms with Crippen molar-refractivity contribution in [3.05, 3.63) is 29.8 Å². The van der Waals surface area contributed by atoms with E-state index in [1.807, 2.05) is 0 Å². The molecule has 2 N–H and O–H groups in total. The van der Waals surface area contributed by atoms with Crippen molar-refractivity contribution in [2.24, 2.45) is 17.8 Å². The molecule has 1 amide bonds. The summed E-state index contributed by atoms with van der Waals surface area (Å²) in [6.45, 7) is 0. The summed E-state index contributed by atoms with van der Waals surface area (Å²) in [5.74, 6) is 2.08. The molecule has 0 aromatic heterocycles. The molecule has 4 aliphatic carbocycles. The van der Waals surface area contributed by atoms with E-state index in [2.05, 4.69) is 5.32 Å². The molecule has 118 valence electrons. The first-order valence-electron chi connectivity index (χ1n) is 8.07. The summed E-state index contributed by atoms with van der Waals surface area (Å²) >= 11 is -2.14. The Bertz CT molecular complexity index is 607. The molecule has 22 heavy (non-hydrogen) atoms. The topological polar surface area (TPSA) is 66.4 Å². The van der Waals surface area contributed by atoms with Crippen molar-refractivity contribution in [2.45, 2.75) is 49.0 Å². The van der Waals surface area contributed by atoms with E-state index in [1.54, 1.807) is 24.3 Å². The lowest BCUT2D eigenvalue weighted by atomic mass is 9.53. The molecule has 0 aliphatic heterocycles. The SMILES string of the molecule is O=C(NC12CC3CC(CC(C3)C1)C2)c1ccccc1S(=O)O. The van der Waals surface area contributed by atoms with Crippen LogP contribution in [0.15, 0.2) is 29.2 Å². The predicted molar refractivity (Wildman–Crippen MR) is 83.8 cm³/mol. The molecule has 5 heteroatoms. The minimum absolute atomic E-state index is 0.0735. The lowest BCUT2D eigenvalue weighted by molar-refractivity contribution is -0.0167. The van der Waals surface area contributed by atoms with Gasteiger partial charge in [-0.05, 0) is 68.4 Å². The van der Waals surface area contributed by atoms with Gasteiger partial charge in [-0.15, -0.1) is 0 Å². The second-order valence-corrected chi connectivity index (χ2v) is 8.34. The summed E-state index contributed by atoms with van der Waals surface area (Å²) in [6.07, 6.45) is 7.21. The largest absolute Gasteiger partial charge is 0.347 e. The summed E-state index contributed by atoms with van der Waals surface area (Å²) in [5.41, 5.74) is 0.259. The molecule has 4 fully saturated rings. The molecule has 1 aromatic rings. The molecule has 4 nitrogen and oxygen atoms in total. The molecule has 0 spiro atoms. The Balaban J connectivity index is 1.59. The number of amides is 1. The van der Waals surface area contributed by atoms with Gasteiger partial charge in [-0.2, -0.15) is 0 Å². The molecular formula is C17H21NO3S. The van der Waals surface area contributed by atoms with Crippen LogP contribution >= 0.6 is 0 Å². The van der Waals surface area contributed by atoms with Crippen LogP contribution in [0.1, 0.15) is 48.9 Å². The summed E-state index contributed by atoms with van der Waals surface area (Å²) in [7, 11) is 0. The van der Waals surface area contributed by atoms with Crippen LogP contribution in [-0.2, 0) is 11.1 Å². The smallest absolute Gasteiger partial charge is 0.253 e. The highest BCUT2D eigenvalue weighted by Gasteiger charge is 2.51. The fourth-order valence-corrected chi connectivity index (χ4v) is 5.92. The molecule has 4 bridgehead atoms. The Morgan fingerprint density at radius 3 is 2.18 bits per heavy atom. The summed E-state index contributed by atoms with van der Waals surface area (Å²) in [5, 5.41) is 3.25. The molecule has 0 heterocycles. The maximum absolute atomic E-state index is 12.7. The third-order valence-corrected chi connectivity index (χ3v) is 6.47. The quantitative estimate of drug-likeness (QED) is 0.842. The van der Waals surface area contributed by atoms with Gasteiger partial charge in [0.25, 0.3) is 5.91 Å². The van der Waals surface area contributed by atoms with E-state index in [0.717, 1.165) is 37.0 Å². The van der Waals surface area contributed by atoms with Gasteiger partial charge in [0.2, 0.25) is 0 Å². The number of hydrogen-bond donors (Lipinski definition) is 2. The lowest BCUT2D eigenvalue weighted by Crippen LogP contribution is -2.59. The average molecular weight is 319 g/mol. The third kappa shape index (κ3) is 2.40. The molecule has 1 atom stereocenters. The molecule has 0 saturated heterocycles. The Labute approximate surface area is 133 Å². The highest BCUT2D eigenvalue weighted by Crippen LogP contribution is 2.55. The third-order valence-electron chi connectivity index (χ3n) is 5.74. The Hall–Kier alpha value is -1.20. The van der Waals surface area contributed by atoms with Gasteiger partial charge in [0.1, 0.15) is 0 Å². The van der Waals surface area contributed by atoms with Crippen LogP contribution in [0.4, 0.5) is 0 Å². The summed E-state index contributed by atoms with van der Waals surface area (Å²) in [6, 6.07) is 6.61. The number of carbonyl (C=O) groups is 1. The summed E-state index contributed by atoms with van der Waals surface area (Å²) < 4.78 is 20.8. The van der Waals surface area contributed by atoms with Crippen LogP contribution in [0.2, 0.25) is 0 Å². The molecule has 1 aromatic carbocycles. The van der Waals surface area contributed by atoms with E-state index in [0.29, 0.717) is 5.56 Å². The molecular weight excluding hydrogens is 298 g/mol. The second-order valence-electron chi connectivity index (χ2n) is 7.40. The average Bonchev–Trinajstić information content (AvgIpc) is 2.45. The van der Waals surface area contributed by atoms with Crippen LogP contribution in [0.3, 0.4) is 0 Å². The van der Waals surface area contributed by atoms with Gasteiger partial charge in [-0.3, -0.25) is 4.79 Å². The normalized spacial score (nSPS) is 37.0. The molecule has 1 unspecified atom stereocenters. The molecule has 5 rings (SSSR count). The van der Waals surface area contributed by atoms with Crippen molar-refractivity contribution in [1.82, 2.24) is 5.32 Å². The van der Waals surface area contributed by atoms with E-state index >= 15 is 0 Å². The lowest BCUT2D eigenvalue weighted by Gasteiger charge is -2.56. The van der Waals surface area contributed by atoms with Crippen LogP contribution in [0, 0.1) is 17.8 Å². The number of carbonyl (C=O) groups excluding carboxylic acids is 1. The van der Waals surface area contributed by atoms with Gasteiger partial charge in [-0.25, -0.2) is 4.21 Å². The second kappa shape index (κ2) is 5.17. The van der Waals surface area contributed by atoms with Gasteiger partial charge in [-0.1, -0.05) is 12.1 Å². The fourth-order valence-electron chi connectivity index (χ4n) is 5.38. The first-order chi connectivity index (χ1) is 10.5. The van der Waals surface area contributed by atoms with Crippen molar-refractivity contribution in [1.29, 1.82) is 0 Å². The molecule has 4 saturated carbocycles. The van der Waals surface area contributed by atoms with E-state index in [-0.39, 0.29) is 16.3 Å². The van der Waals surface area contributed by atoms with Crippen molar-refractivity contribution >= 4 is 17.0 Å². The number of nitrogens with one attached hydrogen (secondary N) is 1. The molecule has 0 radical (unpaired) electrons. The monoisotopic (exact) mass is 319 g/mol. The van der Waals surface area contributed by atoms with Crippen LogP contribution < -0.4 is 5.32 Å². The zero-order valence-electron chi connectivity index (χ0n) is 12.5.